The predicted molar refractivity (Wildman–Crippen MR) is 161 cm³/mol. The van der Waals surface area contributed by atoms with Gasteiger partial charge < -0.3 is 19.9 Å². The van der Waals surface area contributed by atoms with Crippen LogP contribution in [0.1, 0.15) is 47.1 Å². The molecule has 1 unspecified atom stereocenters. The first kappa shape index (κ1) is 26.8. The highest BCUT2D eigenvalue weighted by Gasteiger charge is 2.21. The fourth-order valence-corrected chi connectivity index (χ4v) is 5.27. The van der Waals surface area contributed by atoms with E-state index in [1.54, 1.807) is 29.0 Å². The minimum absolute atomic E-state index is 0.0339. The molecule has 2 aromatic heterocycles. The zero-order valence-electron chi connectivity index (χ0n) is 22.4. The minimum Gasteiger partial charge on any atom is -0.356 e. The maximum absolute atomic E-state index is 13.1. The van der Waals surface area contributed by atoms with Gasteiger partial charge >= 0.3 is 0 Å². The van der Waals surface area contributed by atoms with Crippen LogP contribution in [0.5, 0.6) is 0 Å². The number of ether oxygens (including phenoxy) is 1. The van der Waals surface area contributed by atoms with Crippen LogP contribution in [-0.4, -0.2) is 26.9 Å². The van der Waals surface area contributed by atoms with E-state index in [4.69, 9.17) is 21.4 Å². The number of nitrogens with one attached hydrogen (secondary N) is 2. The number of hydrogen-bond donors (Lipinski definition) is 2. The summed E-state index contributed by atoms with van der Waals surface area (Å²) >= 11 is 6.30. The van der Waals surface area contributed by atoms with Crippen molar-refractivity contribution in [2.45, 2.75) is 38.6 Å². The van der Waals surface area contributed by atoms with Crippen LogP contribution in [0.15, 0.2) is 95.9 Å². The average Bonchev–Trinajstić information content (AvgIpc) is 3.36. The fraction of sp³-hybridized carbons (Fsp3) is 0.219. The molecule has 8 nitrogen and oxygen atoms in total. The van der Waals surface area contributed by atoms with Crippen molar-refractivity contribution in [2.24, 2.45) is 0 Å². The number of rotatable bonds is 8. The molecule has 0 saturated carbocycles. The van der Waals surface area contributed by atoms with E-state index in [2.05, 4.69) is 10.6 Å². The topological polar surface area (TPSA) is 90.2 Å². The lowest BCUT2D eigenvalue weighted by Gasteiger charge is -2.23. The van der Waals surface area contributed by atoms with Crippen molar-refractivity contribution in [2.75, 3.05) is 11.9 Å². The van der Waals surface area contributed by atoms with E-state index >= 15 is 0 Å². The predicted octanol–water partition coefficient (Wildman–Crippen LogP) is 6.27. The van der Waals surface area contributed by atoms with Gasteiger partial charge in [0.1, 0.15) is 0 Å². The molecule has 1 saturated heterocycles. The Kier molecular flexibility index (Phi) is 7.84. The molecule has 3 heterocycles. The van der Waals surface area contributed by atoms with Crippen molar-refractivity contribution < 1.29 is 9.53 Å². The number of nitrogens with zero attached hydrogens (tertiary/aromatic N) is 3. The second-order valence-electron chi connectivity index (χ2n) is 10.1. The van der Waals surface area contributed by atoms with Crippen molar-refractivity contribution in [1.29, 1.82) is 0 Å². The van der Waals surface area contributed by atoms with Crippen LogP contribution in [0.3, 0.4) is 0 Å². The highest BCUT2D eigenvalue weighted by atomic mass is 35.5. The summed E-state index contributed by atoms with van der Waals surface area (Å²) in [5.41, 5.74) is 4.88. The molecule has 3 aromatic carbocycles. The van der Waals surface area contributed by atoms with Gasteiger partial charge in [0, 0.05) is 46.2 Å². The standard InChI is InChI=1S/C32H30ClN5O3/c33-24-12-15-29-27(19-24)28(36-38(29)31-9-2-4-17-41-31)20-34-32(40)23-6-5-7-26(18-23)35-25-13-10-22(11-14-25)21-37-16-3-1-8-30(37)39/h1,3,5-8,10-16,18-19,31,35H,2,4,9,17,20-21H2,(H,34,40). The largest absolute Gasteiger partial charge is 0.356 e. The van der Waals surface area contributed by atoms with Gasteiger partial charge in [-0.15, -0.1) is 0 Å². The number of benzene rings is 3. The van der Waals surface area contributed by atoms with Crippen LogP contribution in [0, 0.1) is 0 Å². The van der Waals surface area contributed by atoms with Crippen LogP contribution in [0.2, 0.25) is 5.02 Å². The Morgan fingerprint density at radius 3 is 2.66 bits per heavy atom. The number of hydrogen-bond acceptors (Lipinski definition) is 5. The third kappa shape index (κ3) is 6.19. The van der Waals surface area contributed by atoms with Crippen LogP contribution >= 0.6 is 11.6 Å². The first-order chi connectivity index (χ1) is 20.0. The summed E-state index contributed by atoms with van der Waals surface area (Å²) in [6.45, 7) is 1.48. The summed E-state index contributed by atoms with van der Waals surface area (Å²) in [7, 11) is 0. The van der Waals surface area contributed by atoms with Gasteiger partial charge in [0.05, 0.1) is 24.3 Å². The third-order valence-corrected chi connectivity index (χ3v) is 7.44. The molecule has 0 aliphatic carbocycles. The Morgan fingerprint density at radius 2 is 1.85 bits per heavy atom. The molecule has 41 heavy (non-hydrogen) atoms. The average molecular weight is 568 g/mol. The molecule has 208 valence electrons. The molecule has 5 aromatic rings. The van der Waals surface area contributed by atoms with Gasteiger partial charge in [-0.2, -0.15) is 5.10 Å². The monoisotopic (exact) mass is 567 g/mol. The first-order valence-electron chi connectivity index (χ1n) is 13.7. The fourth-order valence-electron chi connectivity index (χ4n) is 5.10. The Bertz CT molecular complexity index is 1740. The summed E-state index contributed by atoms with van der Waals surface area (Å²) in [5.74, 6) is -0.198. The van der Waals surface area contributed by atoms with E-state index in [1.165, 1.54) is 0 Å². The van der Waals surface area contributed by atoms with Crippen LogP contribution in [0.25, 0.3) is 10.9 Å². The molecule has 0 spiro atoms. The maximum atomic E-state index is 13.1. The molecule has 0 radical (unpaired) electrons. The lowest BCUT2D eigenvalue weighted by Crippen LogP contribution is -2.24. The van der Waals surface area contributed by atoms with Crippen molar-refractivity contribution >= 4 is 39.8 Å². The molecule has 1 amide bonds. The molecular weight excluding hydrogens is 538 g/mol. The summed E-state index contributed by atoms with van der Waals surface area (Å²) in [5, 5.41) is 12.7. The van der Waals surface area contributed by atoms with E-state index in [9.17, 15) is 9.59 Å². The summed E-state index contributed by atoms with van der Waals surface area (Å²) < 4.78 is 9.55. The van der Waals surface area contributed by atoms with Crippen LogP contribution in [0.4, 0.5) is 11.4 Å². The Labute approximate surface area is 242 Å². The van der Waals surface area contributed by atoms with Gasteiger partial charge in [-0.1, -0.05) is 35.9 Å². The van der Waals surface area contributed by atoms with Gasteiger partial charge in [0.15, 0.2) is 6.23 Å². The van der Waals surface area contributed by atoms with E-state index in [0.717, 1.165) is 59.4 Å². The molecule has 1 fully saturated rings. The zero-order chi connectivity index (χ0) is 28.2. The first-order valence-corrected chi connectivity index (χ1v) is 14.1. The molecule has 0 bridgehead atoms. The van der Waals surface area contributed by atoms with Crippen molar-refractivity contribution in [3.05, 3.63) is 123 Å². The van der Waals surface area contributed by atoms with Crippen molar-refractivity contribution in [3.8, 4) is 0 Å². The zero-order valence-corrected chi connectivity index (χ0v) is 23.2. The molecule has 2 N–H and O–H groups in total. The molecule has 1 aliphatic heterocycles. The Balaban J connectivity index is 1.13. The number of pyridine rings is 1. The smallest absolute Gasteiger partial charge is 0.251 e. The number of halogens is 1. The van der Waals surface area contributed by atoms with E-state index in [1.807, 2.05) is 71.4 Å². The number of fused-ring (bicyclic) bond motifs is 1. The van der Waals surface area contributed by atoms with Crippen LogP contribution in [-0.2, 0) is 17.8 Å². The van der Waals surface area contributed by atoms with Gasteiger partial charge in [0.25, 0.3) is 11.5 Å². The van der Waals surface area contributed by atoms with Gasteiger partial charge in [-0.3, -0.25) is 9.59 Å². The molecule has 1 atom stereocenters. The summed E-state index contributed by atoms with van der Waals surface area (Å²) in [6.07, 6.45) is 4.71. The van der Waals surface area contributed by atoms with Gasteiger partial charge in [-0.05, 0) is 79.4 Å². The highest BCUT2D eigenvalue weighted by Crippen LogP contribution is 2.30. The van der Waals surface area contributed by atoms with Gasteiger partial charge in [0.2, 0.25) is 0 Å². The SMILES string of the molecule is O=C(NCc1nn(C2CCCCO2)c2ccc(Cl)cc12)c1cccc(Nc2ccc(Cn3ccccc3=O)cc2)c1. The lowest BCUT2D eigenvalue weighted by atomic mass is 10.1. The minimum atomic E-state index is -0.198. The molecular formula is C32H30ClN5O3. The maximum Gasteiger partial charge on any atom is 0.251 e. The van der Waals surface area contributed by atoms with Crippen LogP contribution < -0.4 is 16.2 Å². The Morgan fingerprint density at radius 1 is 0.976 bits per heavy atom. The van der Waals surface area contributed by atoms with Gasteiger partial charge in [-0.25, -0.2) is 4.68 Å². The lowest BCUT2D eigenvalue weighted by molar-refractivity contribution is -0.0369. The summed E-state index contributed by atoms with van der Waals surface area (Å²) in [4.78, 5) is 25.1. The quantitative estimate of drug-likeness (QED) is 0.230. The Hall–Kier alpha value is -4.40. The number of carbonyl (C=O) groups excluding carboxylic acids is 1. The third-order valence-electron chi connectivity index (χ3n) is 7.21. The second kappa shape index (κ2) is 12.0. The van der Waals surface area contributed by atoms with E-state index < -0.39 is 0 Å². The molecule has 9 heteroatoms. The number of anilines is 2. The van der Waals surface area contributed by atoms with Crippen molar-refractivity contribution in [1.82, 2.24) is 19.7 Å². The molecule has 6 rings (SSSR count). The van der Waals surface area contributed by atoms with E-state index in [-0.39, 0.29) is 24.2 Å². The van der Waals surface area contributed by atoms with Crippen molar-refractivity contribution in [3.63, 3.8) is 0 Å². The number of aromatic nitrogens is 3. The molecule has 1 aliphatic rings. The number of carbonyl (C=O) groups is 1. The highest BCUT2D eigenvalue weighted by molar-refractivity contribution is 6.31. The van der Waals surface area contributed by atoms with E-state index in [0.29, 0.717) is 17.1 Å². The normalized spacial score (nSPS) is 15.1. The number of amides is 1. The summed E-state index contributed by atoms with van der Waals surface area (Å²) in [6, 6.07) is 26.1. The second-order valence-corrected chi connectivity index (χ2v) is 10.6.